The number of hydrogen-bond donors (Lipinski definition) is 1. The predicted octanol–water partition coefficient (Wildman–Crippen LogP) is 4.22. The molecule has 1 N–H and O–H groups in total. The Bertz CT molecular complexity index is 1060. The van der Waals surface area contributed by atoms with Crippen LogP contribution in [0.1, 0.15) is 37.9 Å². The van der Waals surface area contributed by atoms with E-state index in [1.165, 1.54) is 0 Å². The third-order valence-electron chi connectivity index (χ3n) is 3.82. The van der Waals surface area contributed by atoms with E-state index in [2.05, 4.69) is 9.50 Å². The topological polar surface area (TPSA) is 108 Å². The highest BCUT2D eigenvalue weighted by Crippen LogP contribution is 2.28. The van der Waals surface area contributed by atoms with Gasteiger partial charge in [-0.3, -0.25) is 0 Å². The third-order valence-corrected chi connectivity index (χ3v) is 4.80. The molecule has 12 heteroatoms. The quantitative estimate of drug-likeness (QED) is 0.352. The van der Waals surface area contributed by atoms with Crippen LogP contribution >= 0.6 is 0 Å². The van der Waals surface area contributed by atoms with Crippen LogP contribution in [0, 0.1) is 0 Å². The SMILES string of the molecule is CC(C)(C)OC(=O)N[C@@H](C(=O)OCc1ccccc1)c1ccc(OS(=O)(=O)C(F)(F)F)cc1. The van der Waals surface area contributed by atoms with Gasteiger partial charge < -0.3 is 19.0 Å². The van der Waals surface area contributed by atoms with Crippen LogP contribution in [0.2, 0.25) is 0 Å². The fourth-order valence-corrected chi connectivity index (χ4v) is 2.86. The molecule has 0 fully saturated rings. The highest BCUT2D eigenvalue weighted by molar-refractivity contribution is 7.88. The molecule has 8 nitrogen and oxygen atoms in total. The van der Waals surface area contributed by atoms with Crippen LogP contribution in [-0.4, -0.2) is 31.6 Å². The second kappa shape index (κ2) is 10.1. The van der Waals surface area contributed by atoms with E-state index in [1.54, 1.807) is 51.1 Å². The summed E-state index contributed by atoms with van der Waals surface area (Å²) in [6.07, 6.45) is -0.941. The number of hydrogen-bond acceptors (Lipinski definition) is 7. The van der Waals surface area contributed by atoms with Crippen LogP contribution in [0.4, 0.5) is 18.0 Å². The standard InChI is InChI=1S/C21H22F3NO7S/c1-20(2,3)31-19(27)25-17(18(26)30-13-14-7-5-4-6-8-14)15-9-11-16(12-10-15)32-33(28,29)21(22,23)24/h4-12,17H,13H2,1-3H3,(H,25,27)/t17-/m1/s1. The third kappa shape index (κ3) is 7.97. The molecule has 0 saturated heterocycles. The van der Waals surface area contributed by atoms with Crippen molar-refractivity contribution in [3.05, 3.63) is 65.7 Å². The van der Waals surface area contributed by atoms with Gasteiger partial charge in [0.2, 0.25) is 0 Å². The molecule has 0 saturated carbocycles. The number of alkyl halides is 3. The Labute approximate surface area is 188 Å². The zero-order valence-electron chi connectivity index (χ0n) is 17.9. The van der Waals surface area contributed by atoms with Gasteiger partial charge in [-0.05, 0) is 44.0 Å². The second-order valence-corrected chi connectivity index (χ2v) is 9.26. The molecule has 0 bridgehead atoms. The van der Waals surface area contributed by atoms with Crippen LogP contribution in [0.25, 0.3) is 0 Å². The fourth-order valence-electron chi connectivity index (χ4n) is 2.41. The summed E-state index contributed by atoms with van der Waals surface area (Å²) >= 11 is 0. The minimum Gasteiger partial charge on any atom is -0.459 e. The Morgan fingerprint density at radius 3 is 2.06 bits per heavy atom. The number of alkyl carbamates (subject to hydrolysis) is 1. The smallest absolute Gasteiger partial charge is 0.459 e. The lowest BCUT2D eigenvalue weighted by molar-refractivity contribution is -0.147. The number of benzene rings is 2. The van der Waals surface area contributed by atoms with Gasteiger partial charge in [-0.2, -0.15) is 21.6 Å². The first-order valence-corrected chi connectivity index (χ1v) is 10.9. The van der Waals surface area contributed by atoms with Crippen molar-refractivity contribution in [2.75, 3.05) is 0 Å². The number of rotatable bonds is 7. The Kier molecular flexibility index (Phi) is 7.96. The van der Waals surface area contributed by atoms with Crippen molar-refractivity contribution in [2.24, 2.45) is 0 Å². The van der Waals surface area contributed by atoms with Gasteiger partial charge in [0.05, 0.1) is 0 Å². The number of ether oxygens (including phenoxy) is 2. The first-order chi connectivity index (χ1) is 15.2. The number of amides is 1. The van der Waals surface area contributed by atoms with E-state index in [0.717, 1.165) is 24.3 Å². The summed E-state index contributed by atoms with van der Waals surface area (Å²) < 4.78 is 74.2. The number of carbonyl (C=O) groups is 2. The van der Waals surface area contributed by atoms with E-state index in [9.17, 15) is 31.2 Å². The van der Waals surface area contributed by atoms with E-state index >= 15 is 0 Å². The van der Waals surface area contributed by atoms with Gasteiger partial charge in [0.15, 0.2) is 6.04 Å². The maximum absolute atomic E-state index is 12.7. The van der Waals surface area contributed by atoms with Gasteiger partial charge in [-0.25, -0.2) is 9.59 Å². The summed E-state index contributed by atoms with van der Waals surface area (Å²) in [5, 5.41) is 2.34. The molecule has 0 aliphatic rings. The Hall–Kier alpha value is -3.28. The first kappa shape index (κ1) is 26.0. The lowest BCUT2D eigenvalue weighted by atomic mass is 10.1. The van der Waals surface area contributed by atoms with Crippen LogP contribution in [0.3, 0.4) is 0 Å². The lowest BCUT2D eigenvalue weighted by Gasteiger charge is -2.23. The molecule has 1 amide bonds. The van der Waals surface area contributed by atoms with E-state index in [0.29, 0.717) is 5.56 Å². The molecule has 33 heavy (non-hydrogen) atoms. The highest BCUT2D eigenvalue weighted by atomic mass is 32.2. The monoisotopic (exact) mass is 489 g/mol. The van der Waals surface area contributed by atoms with Gasteiger partial charge in [-0.1, -0.05) is 42.5 Å². The fraction of sp³-hybridized carbons (Fsp3) is 0.333. The molecule has 1 atom stereocenters. The van der Waals surface area contributed by atoms with Gasteiger partial charge >= 0.3 is 27.7 Å². The average molecular weight is 489 g/mol. The maximum Gasteiger partial charge on any atom is 0.534 e. The van der Waals surface area contributed by atoms with Crippen molar-refractivity contribution in [2.45, 2.75) is 44.5 Å². The van der Waals surface area contributed by atoms with Gasteiger partial charge in [0, 0.05) is 0 Å². The molecular weight excluding hydrogens is 467 g/mol. The van der Waals surface area contributed by atoms with Crippen molar-refractivity contribution >= 4 is 22.2 Å². The van der Waals surface area contributed by atoms with E-state index in [-0.39, 0.29) is 12.2 Å². The molecule has 0 aliphatic heterocycles. The number of nitrogens with one attached hydrogen (secondary N) is 1. The van der Waals surface area contributed by atoms with Gasteiger partial charge in [-0.15, -0.1) is 0 Å². The molecule has 0 aromatic heterocycles. The van der Waals surface area contributed by atoms with Crippen molar-refractivity contribution in [3.63, 3.8) is 0 Å². The van der Waals surface area contributed by atoms with Crippen molar-refractivity contribution in [1.29, 1.82) is 0 Å². The zero-order chi connectivity index (χ0) is 24.9. The molecule has 2 aromatic carbocycles. The van der Waals surface area contributed by atoms with Crippen LogP contribution in [0.5, 0.6) is 5.75 Å². The molecule has 2 aromatic rings. The Morgan fingerprint density at radius 2 is 1.55 bits per heavy atom. The largest absolute Gasteiger partial charge is 0.534 e. The second-order valence-electron chi connectivity index (χ2n) is 7.72. The number of carbonyl (C=O) groups excluding carboxylic acids is 2. The van der Waals surface area contributed by atoms with E-state index in [1.807, 2.05) is 0 Å². The highest BCUT2D eigenvalue weighted by Gasteiger charge is 2.48. The molecule has 0 unspecified atom stereocenters. The summed E-state index contributed by atoms with van der Waals surface area (Å²) in [6.45, 7) is 4.74. The van der Waals surface area contributed by atoms with E-state index in [4.69, 9.17) is 9.47 Å². The first-order valence-electron chi connectivity index (χ1n) is 9.49. The van der Waals surface area contributed by atoms with Gasteiger partial charge in [0.1, 0.15) is 18.0 Å². The Balaban J connectivity index is 2.22. The van der Waals surface area contributed by atoms with Gasteiger partial charge in [0.25, 0.3) is 0 Å². The number of esters is 1. The minimum absolute atomic E-state index is 0.0932. The molecule has 0 radical (unpaired) electrons. The molecule has 0 heterocycles. The van der Waals surface area contributed by atoms with Crippen molar-refractivity contribution in [1.82, 2.24) is 5.32 Å². The lowest BCUT2D eigenvalue weighted by Crippen LogP contribution is -2.38. The maximum atomic E-state index is 12.7. The molecule has 2 rings (SSSR count). The normalized spacial score (nSPS) is 13.0. The zero-order valence-corrected chi connectivity index (χ0v) is 18.7. The van der Waals surface area contributed by atoms with Crippen LogP contribution in [-0.2, 0) is 31.0 Å². The van der Waals surface area contributed by atoms with Crippen molar-refractivity contribution in [3.8, 4) is 5.75 Å². The summed E-state index contributed by atoms with van der Waals surface area (Å²) in [5.74, 6) is -1.51. The van der Waals surface area contributed by atoms with Crippen LogP contribution in [0.15, 0.2) is 54.6 Å². The van der Waals surface area contributed by atoms with E-state index < -0.39 is 45.1 Å². The molecule has 180 valence electrons. The minimum atomic E-state index is -5.86. The molecule has 0 spiro atoms. The predicted molar refractivity (Wildman–Crippen MR) is 110 cm³/mol. The summed E-state index contributed by atoms with van der Waals surface area (Å²) in [5.41, 5.74) is -5.70. The van der Waals surface area contributed by atoms with Crippen LogP contribution < -0.4 is 9.50 Å². The molecule has 0 aliphatic carbocycles. The molecular formula is C21H22F3NO7S. The number of halogens is 3. The summed E-state index contributed by atoms with van der Waals surface area (Å²) in [7, 11) is -5.86. The van der Waals surface area contributed by atoms with Crippen molar-refractivity contribution < 1.29 is 44.8 Å². The summed E-state index contributed by atoms with van der Waals surface area (Å²) in [6, 6.07) is 11.4. The summed E-state index contributed by atoms with van der Waals surface area (Å²) in [4.78, 5) is 24.9. The average Bonchev–Trinajstić information content (AvgIpc) is 2.69. The Morgan fingerprint density at radius 1 is 0.970 bits per heavy atom.